The Morgan fingerprint density at radius 3 is 1.62 bits per heavy atom. The van der Waals surface area contributed by atoms with Crippen molar-refractivity contribution in [3.63, 3.8) is 0 Å². The third-order valence-corrected chi connectivity index (χ3v) is 10.3. The second-order valence-electron chi connectivity index (χ2n) is 6.61. The highest BCUT2D eigenvalue weighted by Gasteiger charge is 2.04. The van der Waals surface area contributed by atoms with Crippen molar-refractivity contribution >= 4 is 82.5 Å². The first-order valence-electron chi connectivity index (χ1n) is 11.7. The Hall–Kier alpha value is 0.800. The van der Waals surface area contributed by atoms with Gasteiger partial charge in [0.2, 0.25) is 0 Å². The lowest BCUT2D eigenvalue weighted by molar-refractivity contribution is -0.297. The molecule has 0 saturated heterocycles. The molecule has 220 valence electrons. The minimum absolute atomic E-state index is 0.0448. The van der Waals surface area contributed by atoms with Crippen molar-refractivity contribution in [3.8, 4) is 0 Å². The molecule has 0 aliphatic heterocycles. The van der Waals surface area contributed by atoms with E-state index in [4.69, 9.17) is 39.2 Å². The Bertz CT molecular complexity index is 510. The van der Waals surface area contributed by atoms with Crippen LogP contribution in [0, 0.1) is 0 Å². The first-order chi connectivity index (χ1) is 18.2. The highest BCUT2D eigenvalue weighted by atomic mass is 32.2. The van der Waals surface area contributed by atoms with Gasteiger partial charge < -0.3 is 19.7 Å². The fourth-order valence-electron chi connectivity index (χ4n) is 1.92. The number of esters is 2. The van der Waals surface area contributed by atoms with Gasteiger partial charge >= 0.3 is 11.9 Å². The predicted molar refractivity (Wildman–Crippen MR) is 158 cm³/mol. The molecule has 0 aromatic carbocycles. The number of carbonyl (C=O) groups excluding carboxylic acids is 2. The molecule has 0 aliphatic rings. The topological polar surface area (TPSA) is 130 Å². The summed E-state index contributed by atoms with van der Waals surface area (Å²) in [6, 6.07) is 0. The third kappa shape index (κ3) is 32.9. The van der Waals surface area contributed by atoms with Gasteiger partial charge in [-0.1, -0.05) is 0 Å². The zero-order chi connectivity index (χ0) is 27.1. The summed E-state index contributed by atoms with van der Waals surface area (Å²) in [5.41, 5.74) is 0. The maximum absolute atomic E-state index is 11.7. The van der Waals surface area contributed by atoms with E-state index >= 15 is 0 Å². The van der Waals surface area contributed by atoms with E-state index in [1.54, 1.807) is 58.8 Å². The van der Waals surface area contributed by atoms with Crippen LogP contribution in [0.2, 0.25) is 0 Å². The molecule has 0 unspecified atom stereocenters. The van der Waals surface area contributed by atoms with E-state index in [9.17, 15) is 9.59 Å². The van der Waals surface area contributed by atoms with Crippen LogP contribution in [0.25, 0.3) is 0 Å². The normalized spacial score (nSPS) is 11.1. The largest absolute Gasteiger partial charge is 0.463 e. The van der Waals surface area contributed by atoms with Crippen LogP contribution >= 0.6 is 70.6 Å². The Morgan fingerprint density at radius 1 is 0.514 bits per heavy atom. The summed E-state index contributed by atoms with van der Waals surface area (Å²) in [6.45, 7) is 1.12. The minimum atomic E-state index is -0.271. The summed E-state index contributed by atoms with van der Waals surface area (Å²) in [5, 5.41) is 19.7. The maximum Gasteiger partial charge on any atom is 0.307 e. The van der Waals surface area contributed by atoms with E-state index < -0.39 is 0 Å². The monoisotopic (exact) mass is 644 g/mol. The van der Waals surface area contributed by atoms with E-state index in [0.29, 0.717) is 43.7 Å². The zero-order valence-electron chi connectivity index (χ0n) is 21.0. The van der Waals surface area contributed by atoms with Crippen LogP contribution in [0.15, 0.2) is 0 Å². The number of aliphatic hydroxyl groups excluding tert-OH is 2. The van der Waals surface area contributed by atoms with Crippen LogP contribution in [0.3, 0.4) is 0 Å². The number of aliphatic hydroxyl groups is 2. The highest BCUT2D eigenvalue weighted by Crippen LogP contribution is 2.16. The fraction of sp³-hybridized carbons (Fsp3) is 0.905. The lowest BCUT2D eigenvalue weighted by Gasteiger charge is -2.06. The Morgan fingerprint density at radius 2 is 1.00 bits per heavy atom. The molecule has 0 radical (unpaired) electrons. The van der Waals surface area contributed by atoms with Crippen molar-refractivity contribution in [2.75, 3.05) is 89.8 Å². The van der Waals surface area contributed by atoms with E-state index in [-0.39, 0.29) is 38.4 Å². The summed E-state index contributed by atoms with van der Waals surface area (Å²) in [6.07, 6.45) is 2.53. The van der Waals surface area contributed by atoms with Gasteiger partial charge in [0.1, 0.15) is 25.1 Å². The lowest BCUT2D eigenvalue weighted by atomic mass is 10.5. The van der Waals surface area contributed by atoms with Gasteiger partial charge in [0, 0.05) is 26.8 Å². The van der Waals surface area contributed by atoms with Crippen molar-refractivity contribution in [2.24, 2.45) is 0 Å². The smallest absolute Gasteiger partial charge is 0.307 e. The summed E-state index contributed by atoms with van der Waals surface area (Å²) >= 11 is 10.0. The molecule has 0 bridgehead atoms. The van der Waals surface area contributed by atoms with Crippen LogP contribution in [0.4, 0.5) is 0 Å². The predicted octanol–water partition coefficient (Wildman–Crippen LogP) is 3.70. The van der Waals surface area contributed by atoms with Crippen molar-refractivity contribution in [1.82, 2.24) is 0 Å². The van der Waals surface area contributed by atoms with Gasteiger partial charge in [0.25, 0.3) is 0 Å². The average Bonchev–Trinajstić information content (AvgIpc) is 2.90. The van der Waals surface area contributed by atoms with E-state index in [2.05, 4.69) is 0 Å². The maximum atomic E-state index is 11.7. The van der Waals surface area contributed by atoms with E-state index in [1.807, 2.05) is 0 Å². The molecule has 0 fully saturated rings. The van der Waals surface area contributed by atoms with Crippen molar-refractivity contribution in [3.05, 3.63) is 0 Å². The molecule has 2 N–H and O–H groups in total. The van der Waals surface area contributed by atoms with Gasteiger partial charge in [-0.15, -0.1) is 23.5 Å². The molecule has 37 heavy (non-hydrogen) atoms. The van der Waals surface area contributed by atoms with Gasteiger partial charge in [-0.2, -0.15) is 47.0 Å². The molecule has 0 aliphatic carbocycles. The summed E-state index contributed by atoms with van der Waals surface area (Å²) in [5.74, 6) is 3.67. The molecule has 0 rings (SSSR count). The number of hydrogen-bond donors (Lipinski definition) is 2. The summed E-state index contributed by atoms with van der Waals surface area (Å²) in [7, 11) is 0. The molecule has 10 nitrogen and oxygen atoms in total. The Labute approximate surface area is 245 Å². The number of thioether (sulfide) groups is 6. The number of carbonyl (C=O) groups is 2. The van der Waals surface area contributed by atoms with Gasteiger partial charge in [-0.05, 0) is 24.3 Å². The van der Waals surface area contributed by atoms with Gasteiger partial charge in [-0.3, -0.25) is 9.59 Å². The van der Waals surface area contributed by atoms with E-state index in [1.165, 1.54) is 11.8 Å². The van der Waals surface area contributed by atoms with Crippen LogP contribution in [-0.4, -0.2) is 112 Å². The molecular weight excluding hydrogens is 605 g/mol. The van der Waals surface area contributed by atoms with Crippen LogP contribution in [-0.2, 0) is 38.6 Å². The molecule has 0 amide bonds. The molecule has 16 heteroatoms. The number of ether oxygens (including phenoxy) is 2. The van der Waals surface area contributed by atoms with Crippen molar-refractivity contribution in [2.45, 2.75) is 25.7 Å². The van der Waals surface area contributed by atoms with Crippen LogP contribution < -0.4 is 0 Å². The second-order valence-corrected chi connectivity index (χ2v) is 14.0. The zero-order valence-corrected chi connectivity index (χ0v) is 25.9. The van der Waals surface area contributed by atoms with Crippen molar-refractivity contribution in [1.29, 1.82) is 0 Å². The molecule has 0 aromatic heterocycles. The Kier molecular flexibility index (Phi) is 33.7. The number of rotatable bonds is 30. The number of hydrogen-bond acceptors (Lipinski definition) is 16. The van der Waals surface area contributed by atoms with Gasteiger partial charge in [-0.25, -0.2) is 19.6 Å². The molecule has 0 heterocycles. The lowest BCUT2D eigenvalue weighted by Crippen LogP contribution is -2.08. The molecule has 0 saturated carbocycles. The quantitative estimate of drug-likeness (QED) is 0.0387. The minimum Gasteiger partial charge on any atom is -0.463 e. The SMILES string of the molecule is O=C(CCSCSCCCOOCSCSCOC(=O)CCSCSCCCOOCCO)OCCO. The first kappa shape index (κ1) is 37.8. The standard InChI is InChI=1S/C21H40O10S6/c22-5-9-26-20(24)3-13-34-17-33-12-2-8-29-31-16-37-19-36-15-27-21(25)4-14-35-18-32-11-1-7-28-30-10-6-23/h22-23H,1-19H2. The van der Waals surface area contributed by atoms with Gasteiger partial charge in [0.05, 0.1) is 39.3 Å². The molecule has 0 atom stereocenters. The Balaban J connectivity index is 3.17. The molecule has 0 aromatic rings. The summed E-state index contributed by atoms with van der Waals surface area (Å²) < 4.78 is 9.99. The van der Waals surface area contributed by atoms with E-state index in [0.717, 1.165) is 45.4 Å². The fourth-order valence-corrected chi connectivity index (χ4v) is 7.39. The molecular formula is C21H40O10S6. The van der Waals surface area contributed by atoms with Crippen molar-refractivity contribution < 1.29 is 48.8 Å². The highest BCUT2D eigenvalue weighted by molar-refractivity contribution is 8.16. The first-order valence-corrected chi connectivity index (χ1v) is 18.6. The van der Waals surface area contributed by atoms with Gasteiger partial charge in [0.15, 0.2) is 0 Å². The molecule has 0 spiro atoms. The third-order valence-electron chi connectivity index (χ3n) is 3.56. The van der Waals surface area contributed by atoms with Crippen LogP contribution in [0.1, 0.15) is 25.7 Å². The second kappa shape index (κ2) is 33.0. The van der Waals surface area contributed by atoms with Crippen LogP contribution in [0.5, 0.6) is 0 Å². The average molecular weight is 645 g/mol. The summed E-state index contributed by atoms with van der Waals surface area (Å²) in [4.78, 5) is 42.8.